The van der Waals surface area contributed by atoms with Gasteiger partial charge in [-0.3, -0.25) is 14.2 Å². The van der Waals surface area contributed by atoms with Crippen molar-refractivity contribution in [3.8, 4) is 22.5 Å². The van der Waals surface area contributed by atoms with Crippen LogP contribution < -0.4 is 11.1 Å². The molecule has 0 atom stereocenters. The molecule has 6 nitrogen and oxygen atoms in total. The van der Waals surface area contributed by atoms with Crippen molar-refractivity contribution >= 4 is 22.5 Å². The van der Waals surface area contributed by atoms with Crippen molar-refractivity contribution in [3.05, 3.63) is 80.7 Å². The highest BCUT2D eigenvalue weighted by atomic mass is 35.5. The molecule has 0 unspecified atom stereocenters. The van der Waals surface area contributed by atoms with Crippen LogP contribution in [0.3, 0.4) is 0 Å². The van der Waals surface area contributed by atoms with Gasteiger partial charge in [-0.15, -0.1) is 0 Å². The van der Waals surface area contributed by atoms with Crippen LogP contribution in [-0.2, 0) is 13.6 Å². The summed E-state index contributed by atoms with van der Waals surface area (Å²) >= 11 is 6.00. The zero-order chi connectivity index (χ0) is 19.8. The molecule has 4 rings (SSSR count). The first-order valence-corrected chi connectivity index (χ1v) is 9.19. The molecule has 0 N–H and O–H groups in total. The maximum Gasteiger partial charge on any atom is 0.261 e. The summed E-state index contributed by atoms with van der Waals surface area (Å²) in [5.41, 5.74) is 3.00. The molecule has 0 radical (unpaired) electrons. The summed E-state index contributed by atoms with van der Waals surface area (Å²) in [6, 6.07) is 12.2. The quantitative estimate of drug-likeness (QED) is 0.535. The fourth-order valence-electron chi connectivity index (χ4n) is 3.10. The second kappa shape index (κ2) is 7.05. The molecule has 3 aromatic heterocycles. The van der Waals surface area contributed by atoms with Gasteiger partial charge in [0.1, 0.15) is 5.52 Å². The molecule has 140 valence electrons. The first-order chi connectivity index (χ1) is 13.5. The Kier molecular flexibility index (Phi) is 4.57. The number of fused-ring (bicyclic) bond motifs is 1. The Hall–Kier alpha value is -3.25. The Morgan fingerprint density at radius 2 is 1.75 bits per heavy atom. The lowest BCUT2D eigenvalue weighted by molar-refractivity contribution is 0.717. The maximum atomic E-state index is 12.9. The molecule has 0 amide bonds. The largest absolute Gasteiger partial charge is 0.318 e. The molecule has 1 aromatic carbocycles. The number of aromatic nitrogens is 4. The summed E-state index contributed by atoms with van der Waals surface area (Å²) in [5.74, 6) is 0. The summed E-state index contributed by atoms with van der Waals surface area (Å²) in [6.07, 6.45) is 3.22. The van der Waals surface area contributed by atoms with Gasteiger partial charge in [0.25, 0.3) is 5.56 Å². The maximum absolute atomic E-state index is 12.9. The minimum atomic E-state index is -0.129. The molecule has 0 aliphatic carbocycles. The molecular weight excluding hydrogens is 376 g/mol. The molecule has 0 aliphatic heterocycles. The van der Waals surface area contributed by atoms with Gasteiger partial charge in [0.05, 0.1) is 23.1 Å². The minimum Gasteiger partial charge on any atom is -0.318 e. The van der Waals surface area contributed by atoms with Crippen molar-refractivity contribution in [1.82, 2.24) is 19.1 Å². The van der Waals surface area contributed by atoms with E-state index in [4.69, 9.17) is 16.6 Å². The first kappa shape index (κ1) is 18.1. The van der Waals surface area contributed by atoms with Gasteiger partial charge in [-0.2, -0.15) is 0 Å². The van der Waals surface area contributed by atoms with Crippen LogP contribution in [0.25, 0.3) is 33.4 Å². The van der Waals surface area contributed by atoms with Crippen molar-refractivity contribution in [3.63, 3.8) is 0 Å². The van der Waals surface area contributed by atoms with Crippen LogP contribution in [0, 0.1) is 0 Å². The summed E-state index contributed by atoms with van der Waals surface area (Å²) in [5, 5.41) is 1.10. The zero-order valence-corrected chi connectivity index (χ0v) is 16.1. The second-order valence-corrected chi connectivity index (χ2v) is 6.90. The van der Waals surface area contributed by atoms with E-state index in [9.17, 15) is 9.59 Å². The number of pyridine rings is 2. The third kappa shape index (κ3) is 3.12. The molecule has 0 spiro atoms. The highest BCUT2D eigenvalue weighted by Crippen LogP contribution is 2.28. The van der Waals surface area contributed by atoms with E-state index < -0.39 is 0 Å². The van der Waals surface area contributed by atoms with Gasteiger partial charge in [0, 0.05) is 42.0 Å². The third-order valence-electron chi connectivity index (χ3n) is 4.65. The van der Waals surface area contributed by atoms with Gasteiger partial charge in [-0.05, 0) is 31.2 Å². The molecule has 0 bridgehead atoms. The van der Waals surface area contributed by atoms with Crippen molar-refractivity contribution in [1.29, 1.82) is 0 Å². The Morgan fingerprint density at radius 3 is 2.43 bits per heavy atom. The van der Waals surface area contributed by atoms with Crippen molar-refractivity contribution in [2.24, 2.45) is 7.05 Å². The van der Waals surface area contributed by atoms with Crippen LogP contribution in [0.2, 0.25) is 5.02 Å². The summed E-state index contributed by atoms with van der Waals surface area (Å²) in [6.45, 7) is 2.42. The average molecular weight is 393 g/mol. The summed E-state index contributed by atoms with van der Waals surface area (Å²) in [7, 11) is 1.68. The topological polar surface area (TPSA) is 69.8 Å². The molecule has 28 heavy (non-hydrogen) atoms. The van der Waals surface area contributed by atoms with E-state index in [1.807, 2.05) is 19.1 Å². The van der Waals surface area contributed by atoms with E-state index in [2.05, 4.69) is 4.98 Å². The molecule has 0 fully saturated rings. The standard InChI is InChI=1S/C21H17ClN4O2/c1-3-26-12-23-20-16(21(26)28)10-17(13-4-7-15(22)8-5-13)24-19(20)14-6-9-18(27)25(2)11-14/h4-12H,3H2,1-2H3. The normalized spacial score (nSPS) is 11.1. The fourth-order valence-corrected chi connectivity index (χ4v) is 3.22. The van der Waals surface area contributed by atoms with E-state index >= 15 is 0 Å². The number of rotatable bonds is 3. The van der Waals surface area contributed by atoms with Crippen LogP contribution in [-0.4, -0.2) is 19.1 Å². The lowest BCUT2D eigenvalue weighted by Gasteiger charge is -2.11. The molecule has 0 saturated heterocycles. The van der Waals surface area contributed by atoms with Crippen molar-refractivity contribution in [2.45, 2.75) is 13.5 Å². The summed E-state index contributed by atoms with van der Waals surface area (Å²) < 4.78 is 3.03. The first-order valence-electron chi connectivity index (χ1n) is 8.81. The van der Waals surface area contributed by atoms with Crippen LogP contribution in [0.1, 0.15) is 6.92 Å². The van der Waals surface area contributed by atoms with Gasteiger partial charge in [0.15, 0.2) is 0 Å². The molecule has 3 heterocycles. The monoisotopic (exact) mass is 392 g/mol. The van der Waals surface area contributed by atoms with E-state index in [1.54, 1.807) is 42.1 Å². The van der Waals surface area contributed by atoms with Crippen LogP contribution in [0.15, 0.2) is 64.6 Å². The van der Waals surface area contributed by atoms with Crippen LogP contribution >= 0.6 is 11.6 Å². The third-order valence-corrected chi connectivity index (χ3v) is 4.90. The Morgan fingerprint density at radius 1 is 1.04 bits per heavy atom. The van der Waals surface area contributed by atoms with Gasteiger partial charge in [0.2, 0.25) is 5.56 Å². The SMILES string of the molecule is CCn1cnc2c(-c3ccc(=O)n(C)c3)nc(-c3ccc(Cl)cc3)cc2c1=O. The number of benzene rings is 1. The van der Waals surface area contributed by atoms with Crippen LogP contribution in [0.5, 0.6) is 0 Å². The number of hydrogen-bond donors (Lipinski definition) is 0. The predicted molar refractivity (Wildman–Crippen MR) is 111 cm³/mol. The molecule has 4 aromatic rings. The van der Waals surface area contributed by atoms with Crippen molar-refractivity contribution in [2.75, 3.05) is 0 Å². The molecular formula is C21H17ClN4O2. The Labute approximate surface area is 165 Å². The Bertz CT molecular complexity index is 1310. The highest BCUT2D eigenvalue weighted by molar-refractivity contribution is 6.30. The van der Waals surface area contributed by atoms with Crippen molar-refractivity contribution < 1.29 is 0 Å². The minimum absolute atomic E-state index is 0.122. The lowest BCUT2D eigenvalue weighted by Crippen LogP contribution is -2.20. The van der Waals surface area contributed by atoms with Gasteiger partial charge < -0.3 is 4.57 Å². The number of halogens is 1. The summed E-state index contributed by atoms with van der Waals surface area (Å²) in [4.78, 5) is 34.0. The lowest BCUT2D eigenvalue weighted by atomic mass is 10.1. The smallest absolute Gasteiger partial charge is 0.261 e. The van der Waals surface area contributed by atoms with E-state index in [1.165, 1.54) is 17.0 Å². The molecule has 0 saturated carbocycles. The fraction of sp³-hybridized carbons (Fsp3) is 0.143. The van der Waals surface area contributed by atoms with Gasteiger partial charge in [-0.1, -0.05) is 23.7 Å². The van der Waals surface area contributed by atoms with Crippen LogP contribution in [0.4, 0.5) is 0 Å². The average Bonchev–Trinajstić information content (AvgIpc) is 2.70. The Balaban J connectivity index is 2.08. The second-order valence-electron chi connectivity index (χ2n) is 6.46. The number of hydrogen-bond acceptors (Lipinski definition) is 4. The van der Waals surface area contributed by atoms with E-state index in [-0.39, 0.29) is 11.1 Å². The van der Waals surface area contributed by atoms with Gasteiger partial charge >= 0.3 is 0 Å². The zero-order valence-electron chi connectivity index (χ0n) is 15.4. The number of nitrogens with zero attached hydrogens (tertiary/aromatic N) is 4. The van der Waals surface area contributed by atoms with Gasteiger partial charge in [-0.25, -0.2) is 9.97 Å². The van der Waals surface area contributed by atoms with E-state index in [0.717, 1.165) is 5.56 Å². The highest BCUT2D eigenvalue weighted by Gasteiger charge is 2.15. The van der Waals surface area contributed by atoms with E-state index in [0.29, 0.717) is 39.4 Å². The number of aryl methyl sites for hydroxylation is 2. The molecule has 7 heteroatoms. The molecule has 0 aliphatic rings. The predicted octanol–water partition coefficient (Wildman–Crippen LogP) is 3.50.